The van der Waals surface area contributed by atoms with E-state index in [4.69, 9.17) is 4.74 Å². The smallest absolute Gasteiger partial charge is 0.377 e. The van der Waals surface area contributed by atoms with E-state index in [9.17, 15) is 30.7 Å². The number of rotatable bonds is 5. The summed E-state index contributed by atoms with van der Waals surface area (Å²) in [6, 6.07) is 13.8. The normalized spacial score (nSPS) is 22.1. The topological polar surface area (TPSA) is 15.7 Å². The van der Waals surface area contributed by atoms with Crippen molar-refractivity contribution < 1.29 is 35.5 Å². The van der Waals surface area contributed by atoms with Gasteiger partial charge >= 0.3 is 12.4 Å². The van der Waals surface area contributed by atoms with E-state index in [1.54, 1.807) is 4.90 Å². The molecule has 3 aromatic rings. The molecule has 3 aromatic carbocycles. The maximum atomic E-state index is 14.5. The highest BCUT2D eigenvalue weighted by molar-refractivity contribution is 5.47. The lowest BCUT2D eigenvalue weighted by atomic mass is 9.76. The summed E-state index contributed by atoms with van der Waals surface area (Å²) in [5, 5.41) is 0. The summed E-state index contributed by atoms with van der Waals surface area (Å²) in [6.07, 6.45) is -7.41. The molecule has 0 spiro atoms. The molecule has 3 nitrogen and oxygen atoms in total. The Balaban J connectivity index is 1.73. The van der Waals surface area contributed by atoms with Crippen LogP contribution in [0.2, 0.25) is 0 Å². The van der Waals surface area contributed by atoms with Gasteiger partial charge in [-0.15, -0.1) is 0 Å². The minimum atomic E-state index is -4.78. The molecule has 0 bridgehead atoms. The number of hydrogen-bond donors (Lipinski definition) is 0. The average molecular weight is 591 g/mol. The zero-order valence-corrected chi connectivity index (χ0v) is 22.6. The second kappa shape index (κ2) is 12.1. The third-order valence-corrected chi connectivity index (χ3v) is 7.95. The van der Waals surface area contributed by atoms with Gasteiger partial charge in [0.1, 0.15) is 5.82 Å². The lowest BCUT2D eigenvalue weighted by Gasteiger charge is -2.52. The molecule has 2 heterocycles. The van der Waals surface area contributed by atoms with Crippen molar-refractivity contribution in [3.05, 3.63) is 106 Å². The van der Waals surface area contributed by atoms with Crippen LogP contribution in [0.5, 0.6) is 0 Å². The Bertz CT molecular complexity index is 1440. The Labute approximate surface area is 239 Å². The molecular weight excluding hydrogens is 561 g/mol. The van der Waals surface area contributed by atoms with E-state index in [0.717, 1.165) is 50.2 Å². The van der Waals surface area contributed by atoms with Crippen molar-refractivity contribution in [1.82, 2.24) is 9.80 Å². The zero-order chi connectivity index (χ0) is 30.0. The fraction of sp³-hybridized carbons (Fsp3) is 0.375. The van der Waals surface area contributed by atoms with Crippen molar-refractivity contribution in [3.8, 4) is 11.8 Å². The largest absolute Gasteiger partial charge is 0.416 e. The highest BCUT2D eigenvalue weighted by Gasteiger charge is 2.52. The lowest BCUT2D eigenvalue weighted by molar-refractivity contribution is -0.144. The van der Waals surface area contributed by atoms with Crippen molar-refractivity contribution in [2.45, 2.75) is 36.8 Å². The summed E-state index contributed by atoms with van der Waals surface area (Å²) in [4.78, 5) is 3.71. The predicted molar refractivity (Wildman–Crippen MR) is 144 cm³/mol. The Morgan fingerprint density at radius 1 is 0.762 bits per heavy atom. The molecule has 2 saturated heterocycles. The summed E-state index contributed by atoms with van der Waals surface area (Å²) in [5.41, 5.74) is -3.72. The molecule has 0 aliphatic carbocycles. The highest BCUT2D eigenvalue weighted by atomic mass is 19.4. The third-order valence-electron chi connectivity index (χ3n) is 7.95. The van der Waals surface area contributed by atoms with E-state index in [-0.39, 0.29) is 36.4 Å². The molecule has 10 heteroatoms. The van der Waals surface area contributed by atoms with Crippen LogP contribution in [0.3, 0.4) is 0 Å². The number of nitrogens with zero attached hydrogens (tertiary/aromatic N) is 2. The standard InChI is InChI=1S/C32H29F7N2O/c33-24-15-13-23(14-16-24)30(27-11-3-4-12-28(27)32(37,38)39)22-42-21-29(25-9-1-2-10-26(25)31(34,35)36)41(30)20-8-7-19-40-17-5-6-18-40/h1-4,9-16,29H,5-6,17-22H2. The lowest BCUT2D eigenvalue weighted by Crippen LogP contribution is -2.57. The third kappa shape index (κ3) is 6.05. The Morgan fingerprint density at radius 3 is 2.02 bits per heavy atom. The van der Waals surface area contributed by atoms with Gasteiger partial charge in [0.05, 0.1) is 49.0 Å². The summed E-state index contributed by atoms with van der Waals surface area (Å²) >= 11 is 0. The van der Waals surface area contributed by atoms with Gasteiger partial charge in [0.25, 0.3) is 0 Å². The first-order valence-corrected chi connectivity index (χ1v) is 13.6. The molecule has 2 fully saturated rings. The molecule has 0 saturated carbocycles. The van der Waals surface area contributed by atoms with Crippen LogP contribution < -0.4 is 0 Å². The first-order valence-electron chi connectivity index (χ1n) is 13.6. The second-order valence-electron chi connectivity index (χ2n) is 10.5. The van der Waals surface area contributed by atoms with Crippen LogP contribution in [0.1, 0.15) is 46.7 Å². The van der Waals surface area contributed by atoms with Gasteiger partial charge in [-0.1, -0.05) is 60.4 Å². The van der Waals surface area contributed by atoms with Gasteiger partial charge in [-0.25, -0.2) is 4.39 Å². The van der Waals surface area contributed by atoms with E-state index < -0.39 is 40.9 Å². The number of hydrogen-bond acceptors (Lipinski definition) is 3. The van der Waals surface area contributed by atoms with Crippen LogP contribution in [0.15, 0.2) is 72.8 Å². The molecule has 0 N–H and O–H groups in total. The van der Waals surface area contributed by atoms with Crippen molar-refractivity contribution in [2.24, 2.45) is 0 Å². The SMILES string of the molecule is Fc1ccc(C2(c3ccccc3C(F)(F)F)COCC(c3ccccc3C(F)(F)F)N2CC#CCN2CCCC2)cc1. The minimum Gasteiger partial charge on any atom is -0.377 e. The van der Waals surface area contributed by atoms with E-state index in [1.807, 2.05) is 0 Å². The van der Waals surface area contributed by atoms with Crippen LogP contribution in [-0.4, -0.2) is 49.2 Å². The molecule has 5 rings (SSSR count). The van der Waals surface area contributed by atoms with Gasteiger partial charge in [-0.3, -0.25) is 9.80 Å². The van der Waals surface area contributed by atoms with Crippen LogP contribution in [0, 0.1) is 17.7 Å². The maximum absolute atomic E-state index is 14.5. The highest BCUT2D eigenvalue weighted by Crippen LogP contribution is 2.49. The van der Waals surface area contributed by atoms with Gasteiger partial charge in [0.15, 0.2) is 0 Å². The monoisotopic (exact) mass is 590 g/mol. The molecule has 0 aromatic heterocycles. The van der Waals surface area contributed by atoms with Crippen LogP contribution in [0.25, 0.3) is 0 Å². The number of alkyl halides is 6. The molecule has 2 aliphatic heterocycles. The molecule has 42 heavy (non-hydrogen) atoms. The van der Waals surface area contributed by atoms with Crippen molar-refractivity contribution in [3.63, 3.8) is 0 Å². The molecule has 0 radical (unpaired) electrons. The molecule has 222 valence electrons. The number of ether oxygens (including phenoxy) is 1. The molecular formula is C32H29F7N2O. The Hall–Kier alpha value is -3.39. The molecule has 2 atom stereocenters. The van der Waals surface area contributed by atoms with Gasteiger partial charge in [-0.05, 0) is 66.9 Å². The van der Waals surface area contributed by atoms with Crippen molar-refractivity contribution in [1.29, 1.82) is 0 Å². The summed E-state index contributed by atoms with van der Waals surface area (Å²) in [7, 11) is 0. The average Bonchev–Trinajstić information content (AvgIpc) is 3.48. The first-order chi connectivity index (χ1) is 20.0. The molecule has 2 unspecified atom stereocenters. The van der Waals surface area contributed by atoms with Crippen LogP contribution in [-0.2, 0) is 22.6 Å². The number of halogens is 7. The Kier molecular flexibility index (Phi) is 8.65. The van der Waals surface area contributed by atoms with E-state index >= 15 is 0 Å². The number of likely N-dealkylation sites (tertiary alicyclic amines) is 1. The van der Waals surface area contributed by atoms with Crippen molar-refractivity contribution >= 4 is 0 Å². The fourth-order valence-corrected chi connectivity index (χ4v) is 6.01. The minimum absolute atomic E-state index is 0.137. The van der Waals surface area contributed by atoms with Crippen molar-refractivity contribution in [2.75, 3.05) is 39.4 Å². The van der Waals surface area contributed by atoms with E-state index in [2.05, 4.69) is 16.7 Å². The molecule has 0 amide bonds. The number of benzene rings is 3. The van der Waals surface area contributed by atoms with E-state index in [1.165, 1.54) is 48.5 Å². The van der Waals surface area contributed by atoms with Crippen LogP contribution in [0.4, 0.5) is 30.7 Å². The zero-order valence-electron chi connectivity index (χ0n) is 22.6. The first kappa shape index (κ1) is 30.1. The maximum Gasteiger partial charge on any atom is 0.416 e. The summed E-state index contributed by atoms with van der Waals surface area (Å²) in [6.45, 7) is 1.52. The summed E-state index contributed by atoms with van der Waals surface area (Å²) < 4.78 is 106. The van der Waals surface area contributed by atoms with Gasteiger partial charge in [0.2, 0.25) is 0 Å². The van der Waals surface area contributed by atoms with Gasteiger partial charge < -0.3 is 4.74 Å². The predicted octanol–water partition coefficient (Wildman–Crippen LogP) is 7.28. The second-order valence-corrected chi connectivity index (χ2v) is 10.5. The van der Waals surface area contributed by atoms with Gasteiger partial charge in [0, 0.05) is 0 Å². The number of morpholine rings is 1. The quantitative estimate of drug-likeness (QED) is 0.230. The molecule has 2 aliphatic rings. The van der Waals surface area contributed by atoms with E-state index in [0.29, 0.717) is 6.54 Å². The fourth-order valence-electron chi connectivity index (χ4n) is 6.01. The Morgan fingerprint density at radius 2 is 1.36 bits per heavy atom. The summed E-state index contributed by atoms with van der Waals surface area (Å²) in [5.74, 6) is 5.52. The van der Waals surface area contributed by atoms with Gasteiger partial charge in [-0.2, -0.15) is 26.3 Å². The van der Waals surface area contributed by atoms with Crippen LogP contribution >= 0.6 is 0 Å².